The van der Waals surface area contributed by atoms with E-state index in [0.29, 0.717) is 32.1 Å². The number of hydrogen-bond acceptors (Lipinski definition) is 9. The standard InChI is InChI=1S/C34H27BrClF3N2O7S/c1-4-46-31(43)21-8-6-18(7-9-21)17-48-28-23(35)14-19(15-24(28)45-3)16-25-30(42)41-27(20-10-12-22(36)13-11-20)26(32(44)47-5-2)29(34(37,38)39)40-33(41)49-25/h6-16,27H,4-5,17H2,1-3H3/b25-16-/t27-/m0/s1. The highest BCUT2D eigenvalue weighted by Gasteiger charge is 2.45. The molecule has 0 amide bonds. The number of thiazole rings is 1. The first-order valence-corrected chi connectivity index (χ1v) is 16.7. The monoisotopic (exact) mass is 778 g/mol. The van der Waals surface area contributed by atoms with Gasteiger partial charge in [-0.1, -0.05) is 47.2 Å². The van der Waals surface area contributed by atoms with Gasteiger partial charge in [-0.2, -0.15) is 13.2 Å². The number of ether oxygens (including phenoxy) is 4. The molecule has 0 N–H and O–H groups in total. The molecule has 0 spiro atoms. The topological polar surface area (TPSA) is 105 Å². The second-order valence-corrected chi connectivity index (χ2v) is 12.7. The molecule has 0 bridgehead atoms. The van der Waals surface area contributed by atoms with Gasteiger partial charge in [-0.05, 0) is 88.9 Å². The number of aromatic nitrogens is 1. The van der Waals surface area contributed by atoms with Crippen molar-refractivity contribution in [3.63, 3.8) is 0 Å². The predicted octanol–water partition coefficient (Wildman–Crippen LogP) is 6.52. The second-order valence-electron chi connectivity index (χ2n) is 10.4. The molecule has 4 aromatic rings. The number of halogens is 5. The smallest absolute Gasteiger partial charge is 0.434 e. The highest BCUT2D eigenvalue weighted by atomic mass is 79.9. The van der Waals surface area contributed by atoms with E-state index in [9.17, 15) is 27.6 Å². The van der Waals surface area contributed by atoms with Crippen molar-refractivity contribution < 1.29 is 41.7 Å². The molecule has 49 heavy (non-hydrogen) atoms. The van der Waals surface area contributed by atoms with Gasteiger partial charge in [0.05, 0.1) is 46.5 Å². The maximum atomic E-state index is 14.4. The van der Waals surface area contributed by atoms with E-state index in [4.69, 9.17) is 30.5 Å². The van der Waals surface area contributed by atoms with Crippen molar-refractivity contribution in [1.82, 2.24) is 4.57 Å². The number of hydrogen-bond donors (Lipinski definition) is 0. The minimum atomic E-state index is -5.03. The Morgan fingerprint density at radius 3 is 2.29 bits per heavy atom. The summed E-state index contributed by atoms with van der Waals surface area (Å²) in [5.74, 6) is -1.01. The highest BCUT2D eigenvalue weighted by Crippen LogP contribution is 2.39. The third kappa shape index (κ3) is 7.76. The van der Waals surface area contributed by atoms with Crippen LogP contribution in [0.4, 0.5) is 13.2 Å². The molecule has 0 saturated carbocycles. The summed E-state index contributed by atoms with van der Waals surface area (Å²) in [6, 6.07) is 14.3. The summed E-state index contributed by atoms with van der Waals surface area (Å²) < 4.78 is 66.3. The first kappa shape index (κ1) is 35.9. The fourth-order valence-corrected chi connectivity index (χ4v) is 6.72. The van der Waals surface area contributed by atoms with Gasteiger partial charge in [0.15, 0.2) is 22.0 Å². The van der Waals surface area contributed by atoms with E-state index in [-0.39, 0.29) is 34.7 Å². The summed E-state index contributed by atoms with van der Waals surface area (Å²) in [5, 5.41) is 0.313. The molecule has 9 nitrogen and oxygen atoms in total. The van der Waals surface area contributed by atoms with Crippen LogP contribution in [0.3, 0.4) is 0 Å². The molecule has 1 aliphatic heterocycles. The van der Waals surface area contributed by atoms with Gasteiger partial charge >= 0.3 is 18.1 Å². The van der Waals surface area contributed by atoms with Crippen molar-refractivity contribution in [1.29, 1.82) is 0 Å². The van der Waals surface area contributed by atoms with Crippen LogP contribution in [-0.2, 0) is 20.9 Å². The molecule has 256 valence electrons. The number of esters is 2. The molecule has 0 radical (unpaired) electrons. The van der Waals surface area contributed by atoms with Crippen LogP contribution >= 0.6 is 38.9 Å². The highest BCUT2D eigenvalue weighted by molar-refractivity contribution is 9.10. The van der Waals surface area contributed by atoms with Gasteiger partial charge in [-0.3, -0.25) is 9.36 Å². The lowest BCUT2D eigenvalue weighted by Crippen LogP contribution is -2.41. The summed E-state index contributed by atoms with van der Waals surface area (Å²) in [4.78, 5) is 42.4. The number of fused-ring (bicyclic) bond motifs is 1. The number of methoxy groups -OCH3 is 1. The molecule has 1 aliphatic rings. The zero-order valence-electron chi connectivity index (χ0n) is 26.1. The van der Waals surface area contributed by atoms with Crippen molar-refractivity contribution in [3.8, 4) is 11.5 Å². The van der Waals surface area contributed by atoms with E-state index in [0.717, 1.165) is 21.5 Å². The number of carbonyl (C=O) groups is 2. The van der Waals surface area contributed by atoms with E-state index in [1.165, 1.54) is 44.4 Å². The number of rotatable bonds is 10. The summed E-state index contributed by atoms with van der Waals surface area (Å²) >= 11 is 10.3. The van der Waals surface area contributed by atoms with Gasteiger partial charge in [0.2, 0.25) is 0 Å². The molecule has 1 aromatic heterocycles. The third-order valence-corrected chi connectivity index (χ3v) is 9.00. The summed E-state index contributed by atoms with van der Waals surface area (Å²) in [5.41, 5.74) is -1.08. The maximum absolute atomic E-state index is 14.4. The molecule has 1 atom stereocenters. The Morgan fingerprint density at radius 2 is 1.67 bits per heavy atom. The van der Waals surface area contributed by atoms with Crippen molar-refractivity contribution in [2.24, 2.45) is 4.99 Å². The third-order valence-electron chi connectivity index (χ3n) is 7.18. The molecular weight excluding hydrogens is 753 g/mol. The Bertz CT molecular complexity index is 2110. The first-order valence-electron chi connectivity index (χ1n) is 14.7. The summed E-state index contributed by atoms with van der Waals surface area (Å²) in [6.45, 7) is 3.39. The van der Waals surface area contributed by atoms with Crippen molar-refractivity contribution >= 4 is 56.9 Å². The SMILES string of the molecule is CCOC(=O)C1=C(C(F)(F)F)N=c2s/c(=C\c3cc(Br)c(OCc4ccc(C(=O)OCC)cc4)c(OC)c3)c(=O)n2[C@H]1c1ccc(Cl)cc1. The lowest BCUT2D eigenvalue weighted by molar-refractivity contribution is -0.140. The van der Waals surface area contributed by atoms with E-state index < -0.39 is 41.0 Å². The van der Waals surface area contributed by atoms with Crippen LogP contribution < -0.4 is 24.4 Å². The lowest BCUT2D eigenvalue weighted by atomic mass is 9.95. The molecule has 3 aromatic carbocycles. The van der Waals surface area contributed by atoms with E-state index in [1.54, 1.807) is 43.3 Å². The van der Waals surface area contributed by atoms with Crippen molar-refractivity contribution in [2.75, 3.05) is 20.3 Å². The number of allylic oxidation sites excluding steroid dienone is 1. The Hall–Kier alpha value is -4.40. The number of nitrogens with zero attached hydrogens (tertiary/aromatic N) is 2. The van der Waals surface area contributed by atoms with Crippen LogP contribution in [0.2, 0.25) is 5.02 Å². The van der Waals surface area contributed by atoms with Gasteiger partial charge in [0.1, 0.15) is 6.61 Å². The molecule has 0 saturated heterocycles. The van der Waals surface area contributed by atoms with Gasteiger partial charge in [-0.15, -0.1) is 0 Å². The molecule has 15 heteroatoms. The molecule has 0 fully saturated rings. The quantitative estimate of drug-likeness (QED) is 0.169. The summed E-state index contributed by atoms with van der Waals surface area (Å²) in [6.07, 6.45) is -3.55. The zero-order valence-corrected chi connectivity index (χ0v) is 29.3. The molecule has 0 unspecified atom stereocenters. The van der Waals surface area contributed by atoms with Gasteiger partial charge in [-0.25, -0.2) is 14.6 Å². The molecular formula is C34H27BrClF3N2O7S. The zero-order chi connectivity index (χ0) is 35.5. The fourth-order valence-electron chi connectivity index (χ4n) is 5.02. The van der Waals surface area contributed by atoms with Crippen LogP contribution in [0.5, 0.6) is 11.5 Å². The van der Waals surface area contributed by atoms with Crippen LogP contribution in [0.15, 0.2) is 86.2 Å². The van der Waals surface area contributed by atoms with Gasteiger partial charge < -0.3 is 18.9 Å². The largest absolute Gasteiger partial charge is 0.493 e. The number of benzene rings is 3. The number of alkyl halides is 3. The van der Waals surface area contributed by atoms with E-state index in [1.807, 2.05) is 0 Å². The Kier molecular flexibility index (Phi) is 11.0. The first-order chi connectivity index (χ1) is 23.4. The maximum Gasteiger partial charge on any atom is 0.434 e. The summed E-state index contributed by atoms with van der Waals surface area (Å²) in [7, 11) is 1.43. The average molecular weight is 780 g/mol. The molecule has 2 heterocycles. The van der Waals surface area contributed by atoms with Crippen molar-refractivity contribution in [3.05, 3.63) is 123 Å². The van der Waals surface area contributed by atoms with Gasteiger partial charge in [0.25, 0.3) is 5.56 Å². The van der Waals surface area contributed by atoms with E-state index in [2.05, 4.69) is 20.9 Å². The second kappa shape index (κ2) is 15.0. The van der Waals surface area contributed by atoms with E-state index >= 15 is 0 Å². The molecule has 0 aliphatic carbocycles. The van der Waals surface area contributed by atoms with Crippen LogP contribution in [0.25, 0.3) is 6.08 Å². The van der Waals surface area contributed by atoms with Crippen LogP contribution in [0, 0.1) is 0 Å². The minimum absolute atomic E-state index is 0.0497. The Balaban J connectivity index is 1.55. The Labute approximate surface area is 295 Å². The van der Waals surface area contributed by atoms with Crippen molar-refractivity contribution in [2.45, 2.75) is 32.7 Å². The number of carbonyl (C=O) groups excluding carboxylic acids is 2. The normalized spacial score (nSPS) is 14.6. The lowest BCUT2D eigenvalue weighted by Gasteiger charge is -2.26. The molecule has 5 rings (SSSR count). The Morgan fingerprint density at radius 1 is 1.02 bits per heavy atom. The average Bonchev–Trinajstić information content (AvgIpc) is 3.37. The van der Waals surface area contributed by atoms with Crippen LogP contribution in [-0.4, -0.2) is 43.0 Å². The minimum Gasteiger partial charge on any atom is -0.493 e. The predicted molar refractivity (Wildman–Crippen MR) is 180 cm³/mol. The van der Waals surface area contributed by atoms with Crippen LogP contribution in [0.1, 0.15) is 46.9 Å². The fraction of sp³-hybridized carbons (Fsp3) is 0.235. The van der Waals surface area contributed by atoms with Gasteiger partial charge in [0, 0.05) is 5.02 Å².